The third kappa shape index (κ3) is 7.97. The average Bonchev–Trinajstić information content (AvgIpc) is 2.84. The molecule has 0 heterocycles. The van der Waals surface area contributed by atoms with Crippen molar-refractivity contribution in [1.29, 1.82) is 0 Å². The number of benzene rings is 3. The van der Waals surface area contributed by atoms with Gasteiger partial charge in [0.2, 0.25) is 0 Å². The van der Waals surface area contributed by atoms with Crippen molar-refractivity contribution in [3.8, 4) is 5.75 Å². The maximum absolute atomic E-state index is 12.3. The summed E-state index contributed by atoms with van der Waals surface area (Å²) in [6.07, 6.45) is 1.04. The Morgan fingerprint density at radius 1 is 0.914 bits per heavy atom. The first-order chi connectivity index (χ1) is 16.7. The summed E-state index contributed by atoms with van der Waals surface area (Å²) < 4.78 is 6.17. The molecular formula is C29H35NO5. The highest BCUT2D eigenvalue weighted by molar-refractivity contribution is 5.90. The summed E-state index contributed by atoms with van der Waals surface area (Å²) in [6, 6.07) is 26.2. The molecule has 3 aromatic carbocycles. The molecule has 2 unspecified atom stereocenters. The number of nitrogens with zero attached hydrogens (tertiary/aromatic N) is 1. The van der Waals surface area contributed by atoms with Crippen molar-refractivity contribution in [2.75, 3.05) is 20.6 Å². The standard InChI is InChI=1S/C22H29NO2.C7H6O3/c1-5-21(24)25-22(18(2)17-23(3)4,20-14-10-7-11-15-20)16-19-12-8-6-9-13-19;8-6-4-2-1-3-5(6)7(9)10/h6-15,18H,5,16-17H2,1-4H3;1-4,8H,(H,9,10). The first-order valence-corrected chi connectivity index (χ1v) is 11.7. The van der Waals surface area contributed by atoms with Crippen LogP contribution < -0.4 is 0 Å². The van der Waals surface area contributed by atoms with Crippen LogP contribution in [0.5, 0.6) is 5.75 Å². The van der Waals surface area contributed by atoms with Crippen LogP contribution in [0.4, 0.5) is 0 Å². The van der Waals surface area contributed by atoms with Gasteiger partial charge in [0, 0.05) is 25.3 Å². The Balaban J connectivity index is 0.000000360. The number of para-hydroxylation sites is 1. The molecule has 2 N–H and O–H groups in total. The number of esters is 1. The third-order valence-corrected chi connectivity index (χ3v) is 5.73. The van der Waals surface area contributed by atoms with Gasteiger partial charge in [-0.1, -0.05) is 86.6 Å². The number of carboxylic acids is 1. The maximum Gasteiger partial charge on any atom is 0.339 e. The lowest BCUT2D eigenvalue weighted by atomic mass is 9.77. The predicted molar refractivity (Wildman–Crippen MR) is 137 cm³/mol. The zero-order valence-electron chi connectivity index (χ0n) is 20.8. The second-order valence-corrected chi connectivity index (χ2v) is 8.73. The highest BCUT2D eigenvalue weighted by Gasteiger charge is 2.42. The Labute approximate surface area is 207 Å². The lowest BCUT2D eigenvalue weighted by Gasteiger charge is -2.40. The second-order valence-electron chi connectivity index (χ2n) is 8.73. The van der Waals surface area contributed by atoms with Gasteiger partial charge in [-0.15, -0.1) is 0 Å². The van der Waals surface area contributed by atoms with Gasteiger partial charge in [0.1, 0.15) is 16.9 Å². The Morgan fingerprint density at radius 2 is 1.46 bits per heavy atom. The monoisotopic (exact) mass is 477 g/mol. The number of aromatic hydroxyl groups is 1. The van der Waals surface area contributed by atoms with E-state index in [-0.39, 0.29) is 23.2 Å². The number of carboxylic acid groups (broad SMARTS) is 1. The van der Waals surface area contributed by atoms with Crippen molar-refractivity contribution in [2.24, 2.45) is 5.92 Å². The van der Waals surface area contributed by atoms with Crippen molar-refractivity contribution in [3.63, 3.8) is 0 Å². The van der Waals surface area contributed by atoms with Gasteiger partial charge in [0.05, 0.1) is 0 Å². The van der Waals surface area contributed by atoms with Crippen LogP contribution in [0.2, 0.25) is 0 Å². The molecule has 186 valence electrons. The van der Waals surface area contributed by atoms with Crippen LogP contribution >= 0.6 is 0 Å². The van der Waals surface area contributed by atoms with E-state index in [1.54, 1.807) is 12.1 Å². The summed E-state index contributed by atoms with van der Waals surface area (Å²) in [5, 5.41) is 17.3. The normalized spacial score (nSPS) is 13.2. The van der Waals surface area contributed by atoms with Crippen LogP contribution in [0.15, 0.2) is 84.9 Å². The lowest BCUT2D eigenvalue weighted by Crippen LogP contribution is -2.44. The molecular weight excluding hydrogens is 442 g/mol. The zero-order valence-corrected chi connectivity index (χ0v) is 20.8. The fourth-order valence-electron chi connectivity index (χ4n) is 4.00. The molecule has 0 amide bonds. The van der Waals surface area contributed by atoms with E-state index in [0.29, 0.717) is 12.8 Å². The van der Waals surface area contributed by atoms with Crippen molar-refractivity contribution < 1.29 is 24.5 Å². The molecule has 0 saturated carbocycles. The highest BCUT2D eigenvalue weighted by atomic mass is 16.6. The summed E-state index contributed by atoms with van der Waals surface area (Å²) in [6.45, 7) is 4.84. The van der Waals surface area contributed by atoms with E-state index >= 15 is 0 Å². The van der Waals surface area contributed by atoms with Crippen LogP contribution in [0.3, 0.4) is 0 Å². The Kier molecular flexibility index (Phi) is 10.5. The molecule has 0 aliphatic carbocycles. The zero-order chi connectivity index (χ0) is 25.8. The molecule has 0 saturated heterocycles. The number of hydrogen-bond donors (Lipinski definition) is 2. The minimum absolute atomic E-state index is 0.0671. The summed E-state index contributed by atoms with van der Waals surface area (Å²) >= 11 is 0. The lowest BCUT2D eigenvalue weighted by molar-refractivity contribution is -0.168. The number of aromatic carboxylic acids is 1. The number of ether oxygens (including phenoxy) is 1. The van der Waals surface area contributed by atoms with Crippen molar-refractivity contribution in [2.45, 2.75) is 32.3 Å². The Hall–Kier alpha value is -3.64. The number of phenols is 1. The molecule has 35 heavy (non-hydrogen) atoms. The van der Waals surface area contributed by atoms with Gasteiger partial charge in [0.25, 0.3) is 0 Å². The minimum Gasteiger partial charge on any atom is -0.507 e. The van der Waals surface area contributed by atoms with Gasteiger partial charge < -0.3 is 19.8 Å². The number of carbonyl (C=O) groups excluding carboxylic acids is 1. The van der Waals surface area contributed by atoms with Crippen LogP contribution in [0.25, 0.3) is 0 Å². The molecule has 6 heteroatoms. The maximum atomic E-state index is 12.3. The fourth-order valence-corrected chi connectivity index (χ4v) is 4.00. The van der Waals surface area contributed by atoms with Crippen LogP contribution in [0, 0.1) is 5.92 Å². The molecule has 0 fully saturated rings. The van der Waals surface area contributed by atoms with E-state index < -0.39 is 11.6 Å². The molecule has 0 aliphatic rings. The highest BCUT2D eigenvalue weighted by Crippen LogP contribution is 2.38. The third-order valence-electron chi connectivity index (χ3n) is 5.73. The Bertz CT molecular complexity index is 1070. The average molecular weight is 478 g/mol. The van der Waals surface area contributed by atoms with E-state index in [9.17, 15) is 9.59 Å². The summed E-state index contributed by atoms with van der Waals surface area (Å²) in [5.41, 5.74) is 1.47. The van der Waals surface area contributed by atoms with E-state index in [4.69, 9.17) is 14.9 Å². The quantitative estimate of drug-likeness (QED) is 0.403. The molecule has 0 aromatic heterocycles. The van der Waals surface area contributed by atoms with Gasteiger partial charge in [-0.05, 0) is 37.4 Å². The molecule has 0 radical (unpaired) electrons. The summed E-state index contributed by atoms with van der Waals surface area (Å²) in [5.74, 6) is -1.33. The predicted octanol–water partition coefficient (Wildman–Crippen LogP) is 5.37. The van der Waals surface area contributed by atoms with Crippen LogP contribution in [-0.2, 0) is 21.6 Å². The molecule has 0 spiro atoms. The second kappa shape index (κ2) is 13.3. The topological polar surface area (TPSA) is 87.1 Å². The van der Waals surface area contributed by atoms with Crippen LogP contribution in [-0.4, -0.2) is 47.7 Å². The minimum atomic E-state index is -1.11. The molecule has 6 nitrogen and oxygen atoms in total. The molecule has 0 aliphatic heterocycles. The fraction of sp³-hybridized carbons (Fsp3) is 0.310. The summed E-state index contributed by atoms with van der Waals surface area (Å²) in [4.78, 5) is 24.8. The SMILES string of the molecule is CCC(=O)OC(Cc1ccccc1)(c1ccccc1)C(C)CN(C)C.O=C(O)c1ccccc1O. The molecule has 0 bridgehead atoms. The van der Waals surface area contributed by atoms with Gasteiger partial charge in [-0.25, -0.2) is 4.79 Å². The molecule has 3 rings (SSSR count). The Morgan fingerprint density at radius 3 is 1.94 bits per heavy atom. The van der Waals surface area contributed by atoms with E-state index in [1.807, 2.05) is 43.3 Å². The summed E-state index contributed by atoms with van der Waals surface area (Å²) in [7, 11) is 4.10. The van der Waals surface area contributed by atoms with E-state index in [1.165, 1.54) is 17.7 Å². The van der Waals surface area contributed by atoms with Gasteiger partial charge in [-0.2, -0.15) is 0 Å². The largest absolute Gasteiger partial charge is 0.507 e. The first-order valence-electron chi connectivity index (χ1n) is 11.7. The smallest absolute Gasteiger partial charge is 0.339 e. The van der Waals surface area contributed by atoms with Gasteiger partial charge in [-0.3, -0.25) is 4.79 Å². The molecule has 3 aromatic rings. The van der Waals surface area contributed by atoms with Gasteiger partial charge in [0.15, 0.2) is 0 Å². The van der Waals surface area contributed by atoms with Crippen molar-refractivity contribution in [1.82, 2.24) is 4.90 Å². The van der Waals surface area contributed by atoms with Crippen LogP contribution in [0.1, 0.15) is 41.8 Å². The number of carbonyl (C=O) groups is 2. The van der Waals surface area contributed by atoms with E-state index in [2.05, 4.69) is 50.2 Å². The van der Waals surface area contributed by atoms with E-state index in [0.717, 1.165) is 12.1 Å². The number of rotatable bonds is 9. The van der Waals surface area contributed by atoms with Crippen molar-refractivity contribution in [3.05, 3.63) is 102 Å². The van der Waals surface area contributed by atoms with Gasteiger partial charge >= 0.3 is 11.9 Å². The number of hydrogen-bond acceptors (Lipinski definition) is 5. The van der Waals surface area contributed by atoms with Crippen molar-refractivity contribution >= 4 is 11.9 Å². The molecule has 2 atom stereocenters. The first kappa shape index (κ1) is 27.6.